The minimum absolute atomic E-state index is 0.507. The molecule has 0 fully saturated rings. The molecule has 17 heavy (non-hydrogen) atoms. The molecule has 0 radical (unpaired) electrons. The van der Waals surface area contributed by atoms with Crippen LogP contribution in [-0.4, -0.2) is 18.1 Å². The molecule has 0 saturated carbocycles. The molecular weight excluding hydrogens is 214 g/mol. The summed E-state index contributed by atoms with van der Waals surface area (Å²) in [5.74, 6) is 1.38. The molecule has 0 amide bonds. The lowest BCUT2D eigenvalue weighted by atomic mass is 10.3. The summed E-state index contributed by atoms with van der Waals surface area (Å²) in [7, 11) is 0. The van der Waals surface area contributed by atoms with Crippen molar-refractivity contribution in [1.29, 1.82) is 0 Å². The molecule has 1 aromatic carbocycles. The Morgan fingerprint density at radius 1 is 1.12 bits per heavy atom. The maximum absolute atomic E-state index is 5.70. The van der Waals surface area contributed by atoms with Gasteiger partial charge in [0, 0.05) is 12.7 Å². The van der Waals surface area contributed by atoms with Crippen LogP contribution in [0.1, 0.15) is 0 Å². The number of nitrogens with two attached hydrogens (primary N) is 1. The van der Waals surface area contributed by atoms with Crippen LogP contribution in [0.25, 0.3) is 0 Å². The standard InChI is InChI=1S/C13H15N3O/c14-13-12(7-4-8-16-13)15-9-10-17-11-5-2-1-3-6-11/h1-8,15H,9-10H2,(H2,14,16). The Balaban J connectivity index is 1.76. The van der Waals surface area contributed by atoms with Crippen molar-refractivity contribution in [2.45, 2.75) is 0 Å². The summed E-state index contributed by atoms with van der Waals surface area (Å²) in [4.78, 5) is 3.99. The van der Waals surface area contributed by atoms with E-state index in [1.54, 1.807) is 6.20 Å². The molecule has 3 N–H and O–H groups in total. The van der Waals surface area contributed by atoms with E-state index >= 15 is 0 Å². The molecular formula is C13H15N3O. The molecule has 88 valence electrons. The number of nitrogen functional groups attached to an aromatic ring is 1. The first-order valence-electron chi connectivity index (χ1n) is 5.48. The fourth-order valence-corrected chi connectivity index (χ4v) is 1.44. The van der Waals surface area contributed by atoms with E-state index in [2.05, 4.69) is 10.3 Å². The third-order valence-corrected chi connectivity index (χ3v) is 2.27. The topological polar surface area (TPSA) is 60.2 Å². The van der Waals surface area contributed by atoms with E-state index < -0.39 is 0 Å². The summed E-state index contributed by atoms with van der Waals surface area (Å²) in [6.45, 7) is 1.27. The molecule has 4 heteroatoms. The third kappa shape index (κ3) is 3.38. The van der Waals surface area contributed by atoms with Gasteiger partial charge in [-0.2, -0.15) is 0 Å². The molecule has 0 atom stereocenters. The van der Waals surface area contributed by atoms with Crippen LogP contribution in [0.5, 0.6) is 5.75 Å². The van der Waals surface area contributed by atoms with Gasteiger partial charge in [-0.05, 0) is 24.3 Å². The predicted octanol–water partition coefficient (Wildman–Crippen LogP) is 2.15. The number of pyridine rings is 1. The van der Waals surface area contributed by atoms with Gasteiger partial charge < -0.3 is 15.8 Å². The molecule has 0 aliphatic rings. The molecule has 0 aliphatic heterocycles. The number of benzene rings is 1. The molecule has 4 nitrogen and oxygen atoms in total. The van der Waals surface area contributed by atoms with Crippen molar-refractivity contribution in [2.75, 3.05) is 24.2 Å². The van der Waals surface area contributed by atoms with Gasteiger partial charge in [-0.1, -0.05) is 18.2 Å². The fraction of sp³-hybridized carbons (Fsp3) is 0.154. The van der Waals surface area contributed by atoms with E-state index in [1.165, 1.54) is 0 Å². The number of ether oxygens (including phenoxy) is 1. The summed E-state index contributed by atoms with van der Waals surface area (Å²) in [5.41, 5.74) is 6.54. The highest BCUT2D eigenvalue weighted by Crippen LogP contribution is 2.13. The van der Waals surface area contributed by atoms with Gasteiger partial charge in [0.15, 0.2) is 0 Å². The van der Waals surface area contributed by atoms with Crippen LogP contribution in [0.3, 0.4) is 0 Å². The Hall–Kier alpha value is -2.23. The van der Waals surface area contributed by atoms with Gasteiger partial charge >= 0.3 is 0 Å². The van der Waals surface area contributed by atoms with E-state index in [-0.39, 0.29) is 0 Å². The summed E-state index contributed by atoms with van der Waals surface area (Å²) >= 11 is 0. The second-order valence-electron chi connectivity index (χ2n) is 3.52. The fourth-order valence-electron chi connectivity index (χ4n) is 1.44. The number of anilines is 2. The first kappa shape index (κ1) is 11.3. The van der Waals surface area contributed by atoms with E-state index in [0.717, 1.165) is 11.4 Å². The van der Waals surface area contributed by atoms with Gasteiger partial charge in [-0.15, -0.1) is 0 Å². The van der Waals surface area contributed by atoms with Crippen LogP contribution in [0.2, 0.25) is 0 Å². The van der Waals surface area contributed by atoms with E-state index in [4.69, 9.17) is 10.5 Å². The third-order valence-electron chi connectivity index (χ3n) is 2.27. The Morgan fingerprint density at radius 2 is 1.94 bits per heavy atom. The summed E-state index contributed by atoms with van der Waals surface area (Å²) in [5, 5.41) is 3.17. The van der Waals surface area contributed by atoms with E-state index in [1.807, 2.05) is 42.5 Å². The summed E-state index contributed by atoms with van der Waals surface area (Å²) in [6.07, 6.45) is 1.67. The van der Waals surface area contributed by atoms with Crippen molar-refractivity contribution >= 4 is 11.5 Å². The molecule has 1 aromatic heterocycles. The van der Waals surface area contributed by atoms with Crippen LogP contribution in [-0.2, 0) is 0 Å². The Morgan fingerprint density at radius 3 is 2.71 bits per heavy atom. The lowest BCUT2D eigenvalue weighted by Crippen LogP contribution is -2.12. The van der Waals surface area contributed by atoms with Crippen molar-refractivity contribution in [2.24, 2.45) is 0 Å². The maximum Gasteiger partial charge on any atom is 0.146 e. The zero-order chi connectivity index (χ0) is 11.9. The van der Waals surface area contributed by atoms with Gasteiger partial charge in [-0.3, -0.25) is 0 Å². The smallest absolute Gasteiger partial charge is 0.146 e. The zero-order valence-corrected chi connectivity index (χ0v) is 9.47. The van der Waals surface area contributed by atoms with Crippen LogP contribution < -0.4 is 15.8 Å². The zero-order valence-electron chi connectivity index (χ0n) is 9.47. The van der Waals surface area contributed by atoms with Crippen molar-refractivity contribution in [3.8, 4) is 5.75 Å². The molecule has 0 unspecified atom stereocenters. The molecule has 0 aliphatic carbocycles. The Kier molecular flexibility index (Phi) is 3.81. The number of hydrogen-bond acceptors (Lipinski definition) is 4. The Labute approximate surface area is 100 Å². The van der Waals surface area contributed by atoms with Crippen molar-refractivity contribution in [1.82, 2.24) is 4.98 Å². The number of para-hydroxylation sites is 1. The first-order chi connectivity index (χ1) is 8.36. The monoisotopic (exact) mass is 229 g/mol. The molecule has 1 heterocycles. The molecule has 2 aromatic rings. The highest BCUT2D eigenvalue weighted by molar-refractivity contribution is 5.60. The van der Waals surface area contributed by atoms with Gasteiger partial charge in [0.2, 0.25) is 0 Å². The molecule has 0 bridgehead atoms. The number of rotatable bonds is 5. The highest BCUT2D eigenvalue weighted by Gasteiger charge is 1.97. The van der Waals surface area contributed by atoms with Crippen LogP contribution >= 0.6 is 0 Å². The minimum atomic E-state index is 0.507. The van der Waals surface area contributed by atoms with Crippen LogP contribution in [0, 0.1) is 0 Å². The molecule has 0 saturated heterocycles. The largest absolute Gasteiger partial charge is 0.492 e. The number of hydrogen-bond donors (Lipinski definition) is 2. The van der Waals surface area contributed by atoms with Gasteiger partial charge in [-0.25, -0.2) is 4.98 Å². The van der Waals surface area contributed by atoms with Crippen LogP contribution in [0.15, 0.2) is 48.7 Å². The average molecular weight is 229 g/mol. The lowest BCUT2D eigenvalue weighted by Gasteiger charge is -2.09. The second kappa shape index (κ2) is 5.75. The van der Waals surface area contributed by atoms with E-state index in [9.17, 15) is 0 Å². The lowest BCUT2D eigenvalue weighted by molar-refractivity contribution is 0.333. The van der Waals surface area contributed by atoms with Crippen molar-refractivity contribution in [3.63, 3.8) is 0 Å². The van der Waals surface area contributed by atoms with Crippen molar-refractivity contribution in [3.05, 3.63) is 48.7 Å². The summed E-state index contributed by atoms with van der Waals surface area (Å²) < 4.78 is 5.54. The number of aromatic nitrogens is 1. The molecule has 0 spiro atoms. The second-order valence-corrected chi connectivity index (χ2v) is 3.52. The quantitative estimate of drug-likeness (QED) is 0.771. The first-order valence-corrected chi connectivity index (χ1v) is 5.48. The molecule has 2 rings (SSSR count). The van der Waals surface area contributed by atoms with Gasteiger partial charge in [0.1, 0.15) is 18.2 Å². The van der Waals surface area contributed by atoms with Crippen molar-refractivity contribution < 1.29 is 4.74 Å². The number of nitrogens with one attached hydrogen (secondary N) is 1. The highest BCUT2D eigenvalue weighted by atomic mass is 16.5. The maximum atomic E-state index is 5.70. The minimum Gasteiger partial charge on any atom is -0.492 e. The average Bonchev–Trinajstić information content (AvgIpc) is 2.38. The normalized spacial score (nSPS) is 9.88. The van der Waals surface area contributed by atoms with Gasteiger partial charge in [0.25, 0.3) is 0 Å². The predicted molar refractivity (Wildman–Crippen MR) is 69.1 cm³/mol. The number of nitrogens with zero attached hydrogens (tertiary/aromatic N) is 1. The van der Waals surface area contributed by atoms with Gasteiger partial charge in [0.05, 0.1) is 5.69 Å². The SMILES string of the molecule is Nc1ncccc1NCCOc1ccccc1. The Bertz CT molecular complexity index is 459. The van der Waals surface area contributed by atoms with E-state index in [0.29, 0.717) is 19.0 Å². The van der Waals surface area contributed by atoms with Crippen LogP contribution in [0.4, 0.5) is 11.5 Å². The summed E-state index contributed by atoms with van der Waals surface area (Å²) in [6, 6.07) is 13.4.